The number of benzene rings is 2. The predicted molar refractivity (Wildman–Crippen MR) is 94.7 cm³/mol. The first-order chi connectivity index (χ1) is 12.3. The fourth-order valence-corrected chi connectivity index (χ4v) is 2.98. The summed E-state index contributed by atoms with van der Waals surface area (Å²) in [5.41, 5.74) is 0.803. The fraction of sp³-hybridized carbons (Fsp3) is 0.118. The molecule has 134 valence electrons. The number of halogens is 3. The Balaban J connectivity index is 2.18. The fourth-order valence-electron chi connectivity index (χ4n) is 2.72. The molecule has 0 aliphatic carbocycles. The van der Waals surface area contributed by atoms with Crippen molar-refractivity contribution in [1.29, 1.82) is 0 Å². The maximum atomic E-state index is 14.2. The van der Waals surface area contributed by atoms with Crippen LogP contribution in [0.1, 0.15) is 5.69 Å². The van der Waals surface area contributed by atoms with Gasteiger partial charge < -0.3 is 5.32 Å². The summed E-state index contributed by atoms with van der Waals surface area (Å²) in [7, 11) is 1.60. The Kier molecular flexibility index (Phi) is 4.60. The van der Waals surface area contributed by atoms with Crippen molar-refractivity contribution in [3.63, 3.8) is 0 Å². The first-order valence-electron chi connectivity index (χ1n) is 7.48. The van der Waals surface area contributed by atoms with Crippen LogP contribution in [0.3, 0.4) is 0 Å². The van der Waals surface area contributed by atoms with Gasteiger partial charge in [-0.25, -0.2) is 8.78 Å². The maximum absolute atomic E-state index is 14.2. The average Bonchev–Trinajstić information content (AvgIpc) is 2.83. The van der Waals surface area contributed by atoms with Crippen molar-refractivity contribution in [3.8, 4) is 11.1 Å². The van der Waals surface area contributed by atoms with Crippen molar-refractivity contribution in [3.05, 3.63) is 68.9 Å². The van der Waals surface area contributed by atoms with Crippen molar-refractivity contribution in [2.24, 2.45) is 7.05 Å². The molecule has 0 aliphatic rings. The molecule has 1 N–H and O–H groups in total. The molecule has 0 saturated heterocycles. The number of aryl methyl sites for hydroxylation is 2. The van der Waals surface area contributed by atoms with Crippen LogP contribution in [0.4, 0.5) is 26.0 Å². The Hall–Kier alpha value is -3.00. The molecule has 6 nitrogen and oxygen atoms in total. The van der Waals surface area contributed by atoms with Crippen LogP contribution in [0.25, 0.3) is 11.1 Å². The minimum atomic E-state index is -0.783. The molecule has 3 aromatic rings. The quantitative estimate of drug-likeness (QED) is 0.513. The molecule has 0 spiro atoms. The van der Waals surface area contributed by atoms with Crippen LogP contribution in [0.2, 0.25) is 5.02 Å². The van der Waals surface area contributed by atoms with Crippen molar-refractivity contribution in [2.75, 3.05) is 5.32 Å². The van der Waals surface area contributed by atoms with E-state index in [-0.39, 0.29) is 10.7 Å². The highest BCUT2D eigenvalue weighted by Crippen LogP contribution is 2.39. The Labute approximate surface area is 152 Å². The van der Waals surface area contributed by atoms with E-state index in [1.165, 1.54) is 28.9 Å². The number of nitro benzene ring substituents is 1. The molecule has 1 aromatic heterocycles. The van der Waals surface area contributed by atoms with E-state index in [1.807, 2.05) is 0 Å². The van der Waals surface area contributed by atoms with E-state index in [2.05, 4.69) is 10.4 Å². The summed E-state index contributed by atoms with van der Waals surface area (Å²) in [6.45, 7) is 1.70. The van der Waals surface area contributed by atoms with Gasteiger partial charge in [0.2, 0.25) is 0 Å². The Bertz CT molecular complexity index is 1020. The van der Waals surface area contributed by atoms with Crippen molar-refractivity contribution in [2.45, 2.75) is 6.92 Å². The number of hydrogen-bond acceptors (Lipinski definition) is 4. The summed E-state index contributed by atoms with van der Waals surface area (Å²) in [6.07, 6.45) is 0. The van der Waals surface area contributed by atoms with Crippen LogP contribution in [-0.4, -0.2) is 14.7 Å². The van der Waals surface area contributed by atoms with Gasteiger partial charge in [-0.3, -0.25) is 14.8 Å². The minimum Gasteiger partial charge on any atom is -0.332 e. The number of hydrogen-bond donors (Lipinski definition) is 1. The zero-order chi connectivity index (χ0) is 19.0. The zero-order valence-electron chi connectivity index (χ0n) is 13.8. The molecule has 0 radical (unpaired) electrons. The average molecular weight is 379 g/mol. The first-order valence-corrected chi connectivity index (χ1v) is 7.86. The Morgan fingerprint density at radius 3 is 2.65 bits per heavy atom. The van der Waals surface area contributed by atoms with Crippen LogP contribution >= 0.6 is 11.6 Å². The lowest BCUT2D eigenvalue weighted by atomic mass is 10.1. The molecule has 0 amide bonds. The second-order valence-electron chi connectivity index (χ2n) is 5.57. The van der Waals surface area contributed by atoms with Crippen LogP contribution in [0, 0.1) is 28.7 Å². The summed E-state index contributed by atoms with van der Waals surface area (Å²) in [4.78, 5) is 10.5. The van der Waals surface area contributed by atoms with Gasteiger partial charge in [-0.05, 0) is 31.2 Å². The van der Waals surface area contributed by atoms with E-state index >= 15 is 0 Å². The standard InChI is InChI=1S/C17H13ClF2N4O2/c1-9-15(11-7-6-10(19)8-12(11)18)17(23(2)22-9)21-16-13(20)4-3-5-14(16)24(25)26/h3-8,21H,1-2H3. The van der Waals surface area contributed by atoms with Gasteiger partial charge in [-0.15, -0.1) is 0 Å². The Morgan fingerprint density at radius 2 is 2.00 bits per heavy atom. The van der Waals surface area contributed by atoms with Crippen LogP contribution in [0.15, 0.2) is 36.4 Å². The van der Waals surface area contributed by atoms with Crippen LogP contribution < -0.4 is 5.32 Å². The number of para-hydroxylation sites is 1. The first kappa shape index (κ1) is 17.8. The smallest absolute Gasteiger partial charge is 0.295 e. The van der Waals surface area contributed by atoms with Gasteiger partial charge in [-0.1, -0.05) is 17.7 Å². The molecule has 0 unspecified atom stereocenters. The maximum Gasteiger partial charge on any atom is 0.295 e. The van der Waals surface area contributed by atoms with Gasteiger partial charge >= 0.3 is 0 Å². The number of rotatable bonds is 4. The molecule has 0 fully saturated rings. The predicted octanol–water partition coefficient (Wildman–Crippen LogP) is 4.98. The summed E-state index contributed by atoms with van der Waals surface area (Å²) < 4.78 is 29.0. The van der Waals surface area contributed by atoms with E-state index in [0.717, 1.165) is 12.1 Å². The number of nitro groups is 1. The normalized spacial score (nSPS) is 10.8. The molecule has 26 heavy (non-hydrogen) atoms. The number of nitrogens with zero attached hydrogens (tertiary/aromatic N) is 3. The van der Waals surface area contributed by atoms with Gasteiger partial charge in [0.1, 0.15) is 11.6 Å². The molecule has 2 aromatic carbocycles. The van der Waals surface area contributed by atoms with E-state index in [0.29, 0.717) is 22.6 Å². The van der Waals surface area contributed by atoms with Gasteiger partial charge in [0.25, 0.3) is 5.69 Å². The molecule has 0 saturated carbocycles. The third kappa shape index (κ3) is 3.11. The van der Waals surface area contributed by atoms with Crippen molar-refractivity contribution >= 4 is 28.8 Å². The highest BCUT2D eigenvalue weighted by Gasteiger charge is 2.23. The lowest BCUT2D eigenvalue weighted by Gasteiger charge is -2.12. The molecule has 0 bridgehead atoms. The van der Waals surface area contributed by atoms with E-state index in [1.54, 1.807) is 14.0 Å². The summed E-state index contributed by atoms with van der Waals surface area (Å²) in [5.74, 6) is -0.988. The lowest BCUT2D eigenvalue weighted by molar-refractivity contribution is -0.384. The molecule has 9 heteroatoms. The van der Waals surface area contributed by atoms with Gasteiger partial charge in [0.05, 0.1) is 15.6 Å². The molecule has 1 heterocycles. The summed E-state index contributed by atoms with van der Waals surface area (Å²) in [6, 6.07) is 7.43. The lowest BCUT2D eigenvalue weighted by Crippen LogP contribution is -2.04. The van der Waals surface area contributed by atoms with Crippen molar-refractivity contribution < 1.29 is 13.7 Å². The Morgan fingerprint density at radius 1 is 1.27 bits per heavy atom. The topological polar surface area (TPSA) is 73.0 Å². The monoisotopic (exact) mass is 378 g/mol. The van der Waals surface area contributed by atoms with Crippen molar-refractivity contribution in [1.82, 2.24) is 9.78 Å². The number of aromatic nitrogens is 2. The van der Waals surface area contributed by atoms with E-state index in [4.69, 9.17) is 11.6 Å². The molecule has 0 atom stereocenters. The van der Waals surface area contributed by atoms with Gasteiger partial charge in [-0.2, -0.15) is 5.10 Å². The second kappa shape index (κ2) is 6.72. The number of nitrogens with one attached hydrogen (secondary N) is 1. The SMILES string of the molecule is Cc1nn(C)c(Nc2c(F)cccc2[N+](=O)[O-])c1-c1ccc(F)cc1Cl. The van der Waals surface area contributed by atoms with Crippen LogP contribution in [0.5, 0.6) is 0 Å². The number of anilines is 2. The summed E-state index contributed by atoms with van der Waals surface area (Å²) >= 11 is 6.15. The van der Waals surface area contributed by atoms with E-state index < -0.39 is 22.2 Å². The largest absolute Gasteiger partial charge is 0.332 e. The van der Waals surface area contributed by atoms with E-state index in [9.17, 15) is 18.9 Å². The third-order valence-electron chi connectivity index (χ3n) is 3.85. The molecular formula is C17H13ClF2N4O2. The second-order valence-corrected chi connectivity index (χ2v) is 5.98. The molecule has 3 rings (SSSR count). The minimum absolute atomic E-state index is 0.146. The third-order valence-corrected chi connectivity index (χ3v) is 4.17. The van der Waals surface area contributed by atoms with Gasteiger partial charge in [0, 0.05) is 24.2 Å². The highest BCUT2D eigenvalue weighted by atomic mass is 35.5. The van der Waals surface area contributed by atoms with Crippen LogP contribution in [-0.2, 0) is 7.05 Å². The molecular weight excluding hydrogens is 366 g/mol. The highest BCUT2D eigenvalue weighted by molar-refractivity contribution is 6.33. The summed E-state index contributed by atoms with van der Waals surface area (Å²) in [5, 5.41) is 18.4. The van der Waals surface area contributed by atoms with Gasteiger partial charge in [0.15, 0.2) is 11.5 Å². The molecule has 0 aliphatic heterocycles. The zero-order valence-corrected chi connectivity index (χ0v) is 14.5.